The Morgan fingerprint density at radius 2 is 2.18 bits per heavy atom. The molecule has 17 heavy (non-hydrogen) atoms. The van der Waals surface area contributed by atoms with Crippen LogP contribution in [0.25, 0.3) is 10.9 Å². The van der Waals surface area contributed by atoms with Crippen LogP contribution in [0.2, 0.25) is 0 Å². The van der Waals surface area contributed by atoms with Crippen molar-refractivity contribution in [2.75, 3.05) is 0 Å². The fourth-order valence-corrected chi connectivity index (χ4v) is 2.46. The quantitative estimate of drug-likeness (QED) is 0.836. The number of hydrogen-bond acceptors (Lipinski definition) is 1. The fraction of sp³-hybridized carbons (Fsp3) is 0.357. The normalized spacial score (nSPS) is 11.0. The zero-order valence-electron chi connectivity index (χ0n) is 10.1. The topological polar surface area (TPSA) is 28.7 Å². The van der Waals surface area contributed by atoms with Gasteiger partial charge in [-0.15, -0.1) is 0 Å². The minimum absolute atomic E-state index is 0.475. The van der Waals surface area contributed by atoms with Gasteiger partial charge in [-0.25, -0.2) is 0 Å². The van der Waals surface area contributed by atoms with E-state index in [9.17, 15) is 0 Å². The lowest BCUT2D eigenvalue weighted by molar-refractivity contribution is 0.534. The van der Waals surface area contributed by atoms with E-state index < -0.39 is 0 Å². The van der Waals surface area contributed by atoms with Crippen molar-refractivity contribution in [3.8, 4) is 6.07 Å². The van der Waals surface area contributed by atoms with Gasteiger partial charge in [0.05, 0.1) is 12.5 Å². The van der Waals surface area contributed by atoms with Crippen molar-refractivity contribution in [3.05, 3.63) is 34.4 Å². The van der Waals surface area contributed by atoms with Gasteiger partial charge in [-0.2, -0.15) is 5.26 Å². The third-order valence-corrected chi connectivity index (χ3v) is 3.25. The summed E-state index contributed by atoms with van der Waals surface area (Å²) in [6, 6.07) is 8.47. The molecule has 0 unspecified atom stereocenters. The summed E-state index contributed by atoms with van der Waals surface area (Å²) in [5, 5.41) is 10.0. The van der Waals surface area contributed by atoms with Crippen LogP contribution in [-0.4, -0.2) is 4.57 Å². The molecule has 2 nitrogen and oxygen atoms in total. The average Bonchev–Trinajstić information content (AvgIpc) is 2.56. The Hall–Kier alpha value is -1.27. The van der Waals surface area contributed by atoms with Gasteiger partial charge in [-0.3, -0.25) is 0 Å². The minimum atomic E-state index is 0.475. The number of rotatable bonds is 3. The Kier molecular flexibility index (Phi) is 3.54. The van der Waals surface area contributed by atoms with E-state index in [2.05, 4.69) is 58.7 Å². The predicted octanol–water partition coefficient (Wildman–Crippen LogP) is 4.13. The zero-order valence-corrected chi connectivity index (χ0v) is 11.7. The van der Waals surface area contributed by atoms with Gasteiger partial charge >= 0.3 is 0 Å². The molecule has 0 amide bonds. The lowest BCUT2D eigenvalue weighted by atomic mass is 10.1. The second-order valence-corrected chi connectivity index (χ2v) is 5.61. The summed E-state index contributed by atoms with van der Waals surface area (Å²) in [6.45, 7) is 5.39. The molecule has 0 atom stereocenters. The van der Waals surface area contributed by atoms with Gasteiger partial charge in [0.25, 0.3) is 0 Å². The molecule has 1 aromatic carbocycles. The molecular formula is C14H15BrN2. The molecule has 0 aliphatic heterocycles. The molecule has 1 aromatic heterocycles. The summed E-state index contributed by atoms with van der Waals surface area (Å²) in [7, 11) is 0. The van der Waals surface area contributed by atoms with E-state index in [1.807, 2.05) is 6.07 Å². The minimum Gasteiger partial charge on any atom is -0.347 e. The van der Waals surface area contributed by atoms with Crippen LogP contribution < -0.4 is 0 Å². The van der Waals surface area contributed by atoms with E-state index in [1.165, 1.54) is 10.9 Å². The highest BCUT2D eigenvalue weighted by molar-refractivity contribution is 9.10. The number of benzene rings is 1. The van der Waals surface area contributed by atoms with Crippen LogP contribution in [0.5, 0.6) is 0 Å². The molecule has 0 bridgehead atoms. The van der Waals surface area contributed by atoms with Crippen molar-refractivity contribution >= 4 is 26.8 Å². The Bertz CT molecular complexity index is 576. The smallest absolute Gasteiger partial charge is 0.0670 e. The molecular weight excluding hydrogens is 276 g/mol. The van der Waals surface area contributed by atoms with E-state index in [1.54, 1.807) is 0 Å². The maximum Gasteiger partial charge on any atom is 0.0670 e. The molecule has 0 aliphatic carbocycles. The van der Waals surface area contributed by atoms with Crippen molar-refractivity contribution < 1.29 is 0 Å². The Balaban J connectivity index is 2.59. The summed E-state index contributed by atoms with van der Waals surface area (Å²) in [5.74, 6) is 0.597. The molecule has 0 N–H and O–H groups in total. The van der Waals surface area contributed by atoms with E-state index in [4.69, 9.17) is 5.26 Å². The first-order valence-corrected chi connectivity index (χ1v) is 6.55. The van der Waals surface area contributed by atoms with E-state index >= 15 is 0 Å². The Labute approximate surface area is 110 Å². The van der Waals surface area contributed by atoms with Gasteiger partial charge in [0.15, 0.2) is 0 Å². The molecule has 0 radical (unpaired) electrons. The largest absolute Gasteiger partial charge is 0.347 e. The van der Waals surface area contributed by atoms with Gasteiger partial charge in [0.2, 0.25) is 0 Å². The van der Waals surface area contributed by atoms with Crippen LogP contribution in [0.1, 0.15) is 19.4 Å². The molecule has 2 rings (SSSR count). The Morgan fingerprint density at radius 1 is 1.41 bits per heavy atom. The predicted molar refractivity (Wildman–Crippen MR) is 73.8 cm³/mol. The van der Waals surface area contributed by atoms with Gasteiger partial charge in [0, 0.05) is 28.1 Å². The second-order valence-electron chi connectivity index (χ2n) is 4.70. The lowest BCUT2D eigenvalue weighted by Crippen LogP contribution is -2.02. The summed E-state index contributed by atoms with van der Waals surface area (Å²) >= 11 is 3.50. The number of aromatic nitrogens is 1. The average molecular weight is 291 g/mol. The van der Waals surface area contributed by atoms with Gasteiger partial charge in [-0.05, 0) is 23.6 Å². The van der Waals surface area contributed by atoms with Crippen molar-refractivity contribution in [1.29, 1.82) is 5.26 Å². The van der Waals surface area contributed by atoms with Crippen LogP contribution >= 0.6 is 15.9 Å². The first-order chi connectivity index (χ1) is 8.11. The number of halogens is 1. The standard InChI is InChI=1S/C14H15BrN2/c1-10(2)8-17-9-11(5-6-16)13-4-3-12(15)7-14(13)17/h3-4,7,9-10H,5,8H2,1-2H3. The third-order valence-electron chi connectivity index (χ3n) is 2.76. The van der Waals surface area contributed by atoms with Crippen LogP contribution in [0.15, 0.2) is 28.9 Å². The van der Waals surface area contributed by atoms with Gasteiger partial charge in [0.1, 0.15) is 0 Å². The first-order valence-electron chi connectivity index (χ1n) is 5.76. The molecule has 2 aromatic rings. The van der Waals surface area contributed by atoms with Crippen LogP contribution in [0.3, 0.4) is 0 Å². The van der Waals surface area contributed by atoms with Gasteiger partial charge in [-0.1, -0.05) is 35.8 Å². The van der Waals surface area contributed by atoms with Crippen LogP contribution in [-0.2, 0) is 13.0 Å². The van der Waals surface area contributed by atoms with Crippen molar-refractivity contribution in [2.45, 2.75) is 26.8 Å². The molecule has 1 heterocycles. The van der Waals surface area contributed by atoms with E-state index in [-0.39, 0.29) is 0 Å². The number of nitrogens with zero attached hydrogens (tertiary/aromatic N) is 2. The molecule has 0 saturated heterocycles. The maximum atomic E-state index is 8.86. The van der Waals surface area contributed by atoms with E-state index in [0.717, 1.165) is 16.6 Å². The Morgan fingerprint density at radius 3 is 2.82 bits per heavy atom. The lowest BCUT2D eigenvalue weighted by Gasteiger charge is -2.08. The van der Waals surface area contributed by atoms with Crippen molar-refractivity contribution in [3.63, 3.8) is 0 Å². The maximum absolute atomic E-state index is 8.86. The summed E-state index contributed by atoms with van der Waals surface area (Å²) in [6.07, 6.45) is 2.59. The highest BCUT2D eigenvalue weighted by Crippen LogP contribution is 2.26. The number of fused-ring (bicyclic) bond motifs is 1. The molecule has 88 valence electrons. The molecule has 0 saturated carbocycles. The summed E-state index contributed by atoms with van der Waals surface area (Å²) < 4.78 is 3.33. The second kappa shape index (κ2) is 4.93. The molecule has 0 spiro atoms. The van der Waals surface area contributed by atoms with E-state index in [0.29, 0.717) is 12.3 Å². The van der Waals surface area contributed by atoms with Gasteiger partial charge < -0.3 is 4.57 Å². The summed E-state index contributed by atoms with van der Waals surface area (Å²) in [4.78, 5) is 0. The van der Waals surface area contributed by atoms with Crippen LogP contribution in [0.4, 0.5) is 0 Å². The highest BCUT2D eigenvalue weighted by atomic mass is 79.9. The first kappa shape index (κ1) is 12.2. The van der Waals surface area contributed by atoms with Crippen molar-refractivity contribution in [2.24, 2.45) is 5.92 Å². The van der Waals surface area contributed by atoms with Crippen LogP contribution in [0, 0.1) is 17.2 Å². The fourth-order valence-electron chi connectivity index (χ4n) is 2.11. The molecule has 0 fully saturated rings. The van der Waals surface area contributed by atoms with Crippen molar-refractivity contribution in [1.82, 2.24) is 4.57 Å². The zero-order chi connectivity index (χ0) is 12.4. The molecule has 3 heteroatoms. The molecule has 0 aliphatic rings. The number of nitriles is 1. The highest BCUT2D eigenvalue weighted by Gasteiger charge is 2.09. The monoisotopic (exact) mass is 290 g/mol. The SMILES string of the molecule is CC(C)Cn1cc(CC#N)c2ccc(Br)cc21. The third kappa shape index (κ3) is 2.53. The summed E-state index contributed by atoms with van der Waals surface area (Å²) in [5.41, 5.74) is 2.33. The number of hydrogen-bond donors (Lipinski definition) is 0.